The molecule has 0 aromatic heterocycles. The van der Waals surface area contributed by atoms with E-state index in [2.05, 4.69) is 43.5 Å². The Morgan fingerprint density at radius 3 is 2.49 bits per heavy atom. The summed E-state index contributed by atoms with van der Waals surface area (Å²) in [6.07, 6.45) is 1.83. The lowest BCUT2D eigenvalue weighted by atomic mass is 10.2. The minimum atomic E-state index is -0.408. The fraction of sp³-hybridized carbons (Fsp3) is 0.115. The highest BCUT2D eigenvalue weighted by atomic mass is 127. The number of nitrogens with zero attached hydrogens (tertiary/aromatic N) is 2. The molecule has 6 nitrogen and oxygen atoms in total. The van der Waals surface area contributed by atoms with E-state index in [-0.39, 0.29) is 5.91 Å². The normalized spacial score (nSPS) is 15.7. The van der Waals surface area contributed by atoms with Crippen LogP contribution in [0, 0.1) is 3.57 Å². The van der Waals surface area contributed by atoms with E-state index in [4.69, 9.17) is 9.47 Å². The van der Waals surface area contributed by atoms with Crippen molar-refractivity contribution in [3.05, 3.63) is 96.4 Å². The molecule has 0 aliphatic carbocycles. The number of carbonyl (C=O) groups is 2. The lowest BCUT2D eigenvalue weighted by molar-refractivity contribution is -0.121. The first kappa shape index (κ1) is 25.5. The number of thioether (sulfide) groups is 1. The van der Waals surface area contributed by atoms with Crippen LogP contribution in [0.15, 0.2) is 81.1 Å². The molecule has 1 amide bonds. The monoisotopic (exact) mass is 662 g/mol. The molecule has 3 aromatic rings. The van der Waals surface area contributed by atoms with Crippen molar-refractivity contribution in [1.29, 1.82) is 0 Å². The Balaban J connectivity index is 1.46. The van der Waals surface area contributed by atoms with Gasteiger partial charge in [0.05, 0.1) is 27.7 Å². The van der Waals surface area contributed by atoms with Crippen LogP contribution in [0.4, 0.5) is 5.69 Å². The molecule has 0 N–H and O–H groups in total. The molecule has 0 spiro atoms. The SMILES string of the molecule is COC(=O)c1ccc(N=C2SC(=Cc3ccc(OCc4ccc(I)cc4)c(Br)c3)C(=O)N2C)cc1. The lowest BCUT2D eigenvalue weighted by Crippen LogP contribution is -2.23. The molecule has 1 aliphatic rings. The number of hydrogen-bond donors (Lipinski definition) is 0. The highest BCUT2D eigenvalue weighted by Crippen LogP contribution is 2.34. The highest BCUT2D eigenvalue weighted by molar-refractivity contribution is 14.1. The van der Waals surface area contributed by atoms with Crippen LogP contribution in [-0.2, 0) is 16.1 Å². The smallest absolute Gasteiger partial charge is 0.337 e. The average Bonchev–Trinajstić information content (AvgIpc) is 3.12. The number of esters is 1. The van der Waals surface area contributed by atoms with Crippen molar-refractivity contribution >= 4 is 79.1 Å². The van der Waals surface area contributed by atoms with E-state index in [9.17, 15) is 9.59 Å². The number of halogens is 2. The van der Waals surface area contributed by atoms with Gasteiger partial charge in [-0.1, -0.05) is 18.2 Å². The van der Waals surface area contributed by atoms with Gasteiger partial charge in [-0.25, -0.2) is 9.79 Å². The van der Waals surface area contributed by atoms with Crippen molar-refractivity contribution < 1.29 is 19.1 Å². The summed E-state index contributed by atoms with van der Waals surface area (Å²) in [5, 5.41) is 0.559. The van der Waals surface area contributed by atoms with Crippen molar-refractivity contribution in [2.24, 2.45) is 4.99 Å². The summed E-state index contributed by atoms with van der Waals surface area (Å²) >= 11 is 7.14. The van der Waals surface area contributed by atoms with Gasteiger partial charge in [-0.3, -0.25) is 9.69 Å². The molecule has 4 rings (SSSR count). The first-order valence-corrected chi connectivity index (χ1v) is 13.1. The maximum absolute atomic E-state index is 12.8. The summed E-state index contributed by atoms with van der Waals surface area (Å²) in [7, 11) is 3.03. The van der Waals surface area contributed by atoms with Crippen LogP contribution < -0.4 is 4.74 Å². The van der Waals surface area contributed by atoms with E-state index in [0.29, 0.717) is 27.9 Å². The Hall–Kier alpha value is -2.63. The molecular formula is C26H20BrIN2O4S. The number of carbonyl (C=O) groups excluding carboxylic acids is 2. The van der Waals surface area contributed by atoms with Crippen LogP contribution in [0.5, 0.6) is 5.75 Å². The van der Waals surface area contributed by atoms with Crippen molar-refractivity contribution in [2.45, 2.75) is 6.61 Å². The third-order valence-corrected chi connectivity index (χ3v) is 7.48. The number of hydrogen-bond acceptors (Lipinski definition) is 6. The first-order chi connectivity index (χ1) is 16.8. The zero-order valence-corrected chi connectivity index (χ0v) is 23.4. The van der Waals surface area contributed by atoms with Gasteiger partial charge >= 0.3 is 5.97 Å². The molecule has 0 saturated carbocycles. The molecule has 9 heteroatoms. The minimum absolute atomic E-state index is 0.130. The fourth-order valence-corrected chi connectivity index (χ4v) is 5.03. The maximum Gasteiger partial charge on any atom is 0.337 e. The quantitative estimate of drug-likeness (QED) is 0.168. The third-order valence-electron chi connectivity index (χ3n) is 5.08. The second-order valence-electron chi connectivity index (χ2n) is 7.51. The highest BCUT2D eigenvalue weighted by Gasteiger charge is 2.30. The predicted octanol–water partition coefficient (Wildman–Crippen LogP) is 6.65. The standard InChI is InChI=1S/C26H20BrIN2O4S/c1-30-24(31)23(35-26(30)29-20-10-6-18(7-11-20)25(32)33-2)14-17-5-12-22(21(27)13-17)34-15-16-3-8-19(28)9-4-16/h3-14H,15H2,1-2H3. The second kappa shape index (κ2) is 11.4. The lowest BCUT2D eigenvalue weighted by Gasteiger charge is -2.09. The second-order valence-corrected chi connectivity index (χ2v) is 10.6. The molecule has 178 valence electrons. The van der Waals surface area contributed by atoms with E-state index >= 15 is 0 Å². The average molecular weight is 663 g/mol. The van der Waals surface area contributed by atoms with Crippen LogP contribution in [-0.4, -0.2) is 36.1 Å². The molecule has 0 radical (unpaired) electrons. The van der Waals surface area contributed by atoms with Crippen LogP contribution in [0.2, 0.25) is 0 Å². The third kappa shape index (κ3) is 6.33. The molecule has 0 unspecified atom stereocenters. The molecule has 0 bridgehead atoms. The first-order valence-electron chi connectivity index (χ1n) is 10.5. The number of methoxy groups -OCH3 is 1. The van der Waals surface area contributed by atoms with Gasteiger partial charge in [0.2, 0.25) is 0 Å². The van der Waals surface area contributed by atoms with Crippen LogP contribution in [0.3, 0.4) is 0 Å². The van der Waals surface area contributed by atoms with Gasteiger partial charge in [0.15, 0.2) is 5.17 Å². The molecule has 3 aromatic carbocycles. The number of benzene rings is 3. The summed E-state index contributed by atoms with van der Waals surface area (Å²) in [6.45, 7) is 0.468. The van der Waals surface area contributed by atoms with Crippen LogP contribution in [0.1, 0.15) is 21.5 Å². The molecule has 1 fully saturated rings. The van der Waals surface area contributed by atoms with Crippen molar-refractivity contribution in [2.75, 3.05) is 14.2 Å². The summed E-state index contributed by atoms with van der Waals surface area (Å²) < 4.78 is 12.6. The van der Waals surface area contributed by atoms with Crippen LogP contribution in [0.25, 0.3) is 6.08 Å². The minimum Gasteiger partial charge on any atom is -0.488 e. The summed E-state index contributed by atoms with van der Waals surface area (Å²) in [6, 6.07) is 20.6. The number of rotatable bonds is 6. The van der Waals surface area contributed by atoms with Gasteiger partial charge < -0.3 is 9.47 Å². The molecule has 0 atom stereocenters. The van der Waals surface area contributed by atoms with Crippen molar-refractivity contribution in [3.63, 3.8) is 0 Å². The van der Waals surface area contributed by atoms with Gasteiger partial charge in [0.25, 0.3) is 5.91 Å². The Kier molecular flexibility index (Phi) is 8.30. The fourth-order valence-electron chi connectivity index (χ4n) is 3.17. The molecule has 1 heterocycles. The largest absolute Gasteiger partial charge is 0.488 e. The Morgan fingerprint density at radius 1 is 1.11 bits per heavy atom. The van der Waals surface area contributed by atoms with E-state index in [1.54, 1.807) is 31.3 Å². The van der Waals surface area contributed by atoms with Gasteiger partial charge in [-0.15, -0.1) is 0 Å². The van der Waals surface area contributed by atoms with E-state index in [1.165, 1.54) is 27.3 Å². The zero-order valence-electron chi connectivity index (χ0n) is 18.8. The Bertz CT molecular complexity index is 1320. The molecular weight excluding hydrogens is 643 g/mol. The topological polar surface area (TPSA) is 68.2 Å². The Morgan fingerprint density at radius 2 is 1.83 bits per heavy atom. The predicted molar refractivity (Wildman–Crippen MR) is 151 cm³/mol. The molecule has 35 heavy (non-hydrogen) atoms. The van der Waals surface area contributed by atoms with Crippen LogP contribution >= 0.6 is 50.3 Å². The number of amides is 1. The van der Waals surface area contributed by atoms with E-state index in [0.717, 1.165) is 21.3 Å². The number of ether oxygens (including phenoxy) is 2. The van der Waals surface area contributed by atoms with Gasteiger partial charge in [0.1, 0.15) is 12.4 Å². The maximum atomic E-state index is 12.8. The summed E-state index contributed by atoms with van der Waals surface area (Å²) in [4.78, 5) is 31.0. The van der Waals surface area contributed by atoms with E-state index < -0.39 is 5.97 Å². The molecule has 1 saturated heterocycles. The van der Waals surface area contributed by atoms with Gasteiger partial charge in [0, 0.05) is 10.6 Å². The number of aliphatic imine (C=N–C) groups is 1. The summed E-state index contributed by atoms with van der Waals surface area (Å²) in [5.74, 6) is 0.190. The number of amidine groups is 1. The zero-order chi connectivity index (χ0) is 24.9. The number of likely N-dealkylation sites (N-methyl/N-ethyl adjacent to an activating group) is 1. The van der Waals surface area contributed by atoms with Crippen molar-refractivity contribution in [1.82, 2.24) is 4.90 Å². The van der Waals surface area contributed by atoms with Gasteiger partial charge in [-0.05, 0) is 116 Å². The van der Waals surface area contributed by atoms with Crippen molar-refractivity contribution in [3.8, 4) is 5.75 Å². The summed E-state index contributed by atoms with van der Waals surface area (Å²) in [5.41, 5.74) is 3.04. The molecule has 1 aliphatic heterocycles. The van der Waals surface area contributed by atoms with Gasteiger partial charge in [-0.2, -0.15) is 0 Å². The van der Waals surface area contributed by atoms with E-state index in [1.807, 2.05) is 48.5 Å². The Labute approximate surface area is 229 Å².